The molecule has 0 unspecified atom stereocenters. The van der Waals surface area contributed by atoms with Crippen LogP contribution >= 0.6 is 0 Å². The molecule has 0 spiro atoms. The lowest BCUT2D eigenvalue weighted by Gasteiger charge is -2.27. The van der Waals surface area contributed by atoms with Gasteiger partial charge in [-0.1, -0.05) is 0 Å². The zero-order valence-corrected chi connectivity index (χ0v) is 14.4. The molecule has 1 heterocycles. The summed E-state index contributed by atoms with van der Waals surface area (Å²) in [4.78, 5) is 12.6. The number of phenols is 3. The van der Waals surface area contributed by atoms with Gasteiger partial charge < -0.3 is 34.3 Å². The number of carbonyl (C=O) groups excluding carboxylic acids is 1. The van der Waals surface area contributed by atoms with E-state index in [1.807, 2.05) is 0 Å². The fourth-order valence-corrected chi connectivity index (χ4v) is 2.98. The second kappa shape index (κ2) is 6.55. The van der Waals surface area contributed by atoms with Crippen LogP contribution in [-0.2, 0) is 0 Å². The normalized spacial score (nSPS) is 15.8. The van der Waals surface area contributed by atoms with E-state index < -0.39 is 6.10 Å². The van der Waals surface area contributed by atoms with Crippen molar-refractivity contribution in [3.8, 4) is 40.2 Å². The molecule has 1 aliphatic rings. The van der Waals surface area contributed by atoms with E-state index in [1.54, 1.807) is 0 Å². The highest BCUT2D eigenvalue weighted by Gasteiger charge is 2.34. The lowest BCUT2D eigenvalue weighted by Crippen LogP contribution is -2.21. The highest BCUT2D eigenvalue weighted by molar-refractivity contribution is 6.03. The number of benzene rings is 2. The van der Waals surface area contributed by atoms with Gasteiger partial charge in [0.2, 0.25) is 11.5 Å². The Hall–Kier alpha value is -3.29. The minimum atomic E-state index is -0.768. The SMILES string of the molecule is COc1cc2c(c(O)c1OC)C(=O)C[C@@H](c1cc(O)c(OC)c(O)c1)O2. The third-order valence-corrected chi connectivity index (χ3v) is 4.18. The summed E-state index contributed by atoms with van der Waals surface area (Å²) in [5.74, 6) is -0.982. The van der Waals surface area contributed by atoms with Crippen LogP contribution in [0.15, 0.2) is 18.2 Å². The number of fused-ring (bicyclic) bond motifs is 1. The van der Waals surface area contributed by atoms with Crippen LogP contribution in [0.1, 0.15) is 28.4 Å². The summed E-state index contributed by atoms with van der Waals surface area (Å²) >= 11 is 0. The third kappa shape index (κ3) is 2.69. The number of aromatic hydroxyl groups is 3. The van der Waals surface area contributed by atoms with Crippen LogP contribution in [0.25, 0.3) is 0 Å². The van der Waals surface area contributed by atoms with Crippen molar-refractivity contribution in [2.75, 3.05) is 21.3 Å². The first-order valence-corrected chi connectivity index (χ1v) is 7.68. The van der Waals surface area contributed by atoms with Crippen molar-refractivity contribution in [3.05, 3.63) is 29.3 Å². The zero-order chi connectivity index (χ0) is 19.0. The molecule has 0 aromatic heterocycles. The minimum Gasteiger partial charge on any atom is -0.504 e. The summed E-state index contributed by atoms with van der Waals surface area (Å²) in [5.41, 5.74) is 0.384. The maximum Gasteiger partial charge on any atom is 0.204 e. The lowest BCUT2D eigenvalue weighted by atomic mass is 9.94. The monoisotopic (exact) mass is 362 g/mol. The number of carbonyl (C=O) groups is 1. The molecule has 138 valence electrons. The molecule has 1 aliphatic heterocycles. The Balaban J connectivity index is 2.05. The first-order chi connectivity index (χ1) is 12.4. The molecule has 2 aromatic carbocycles. The number of hydrogen-bond donors (Lipinski definition) is 3. The van der Waals surface area contributed by atoms with Crippen molar-refractivity contribution >= 4 is 5.78 Å². The summed E-state index contributed by atoms with van der Waals surface area (Å²) in [6, 6.07) is 4.14. The van der Waals surface area contributed by atoms with E-state index in [2.05, 4.69) is 0 Å². The molecule has 2 aromatic rings. The molecule has 3 N–H and O–H groups in total. The molecule has 0 saturated carbocycles. The summed E-state index contributed by atoms with van der Waals surface area (Å²) < 4.78 is 21.0. The Bertz CT molecular complexity index is 851. The number of phenolic OH excluding ortho intramolecular Hbond substituents is 3. The smallest absolute Gasteiger partial charge is 0.204 e. The quantitative estimate of drug-likeness (QED) is 0.760. The van der Waals surface area contributed by atoms with E-state index in [-0.39, 0.29) is 58.0 Å². The predicted molar refractivity (Wildman–Crippen MR) is 89.9 cm³/mol. The molecule has 0 amide bonds. The molecule has 3 rings (SSSR count). The van der Waals surface area contributed by atoms with Crippen LogP contribution < -0.4 is 18.9 Å². The first kappa shape index (κ1) is 17.5. The van der Waals surface area contributed by atoms with E-state index in [1.165, 1.54) is 39.5 Å². The molecule has 0 bridgehead atoms. The topological polar surface area (TPSA) is 115 Å². The standard InChI is InChI=1S/C18H18O8/c1-23-14-7-13-15(16(22)18(14)25-3)9(19)6-12(26-13)8-4-10(20)17(24-2)11(21)5-8/h4-5,7,12,20-22H,6H2,1-3H3/t12-/m0/s1. The van der Waals surface area contributed by atoms with Gasteiger partial charge in [0.25, 0.3) is 0 Å². The van der Waals surface area contributed by atoms with Crippen LogP contribution in [-0.4, -0.2) is 42.4 Å². The fourth-order valence-electron chi connectivity index (χ4n) is 2.98. The van der Waals surface area contributed by atoms with Crippen LogP contribution in [0.4, 0.5) is 0 Å². The van der Waals surface area contributed by atoms with Gasteiger partial charge in [0.15, 0.2) is 28.8 Å². The van der Waals surface area contributed by atoms with E-state index in [9.17, 15) is 20.1 Å². The van der Waals surface area contributed by atoms with Gasteiger partial charge in [-0.3, -0.25) is 4.79 Å². The zero-order valence-electron chi connectivity index (χ0n) is 14.4. The van der Waals surface area contributed by atoms with Gasteiger partial charge in [-0.25, -0.2) is 0 Å². The van der Waals surface area contributed by atoms with Gasteiger partial charge in [-0.2, -0.15) is 0 Å². The van der Waals surface area contributed by atoms with Crippen molar-refractivity contribution in [1.29, 1.82) is 0 Å². The second-order valence-corrected chi connectivity index (χ2v) is 5.66. The van der Waals surface area contributed by atoms with Crippen LogP contribution in [0.5, 0.6) is 40.2 Å². The summed E-state index contributed by atoms with van der Waals surface area (Å²) in [6.45, 7) is 0. The van der Waals surface area contributed by atoms with Gasteiger partial charge in [0.1, 0.15) is 17.4 Å². The van der Waals surface area contributed by atoms with Crippen molar-refractivity contribution in [3.63, 3.8) is 0 Å². The minimum absolute atomic E-state index is 0.000792. The molecule has 0 aliphatic carbocycles. The molecule has 8 heteroatoms. The van der Waals surface area contributed by atoms with Gasteiger partial charge in [0, 0.05) is 11.6 Å². The first-order valence-electron chi connectivity index (χ1n) is 7.68. The predicted octanol–water partition coefficient (Wildman–Crippen LogP) is 2.54. The maximum atomic E-state index is 12.6. The number of methoxy groups -OCH3 is 3. The third-order valence-electron chi connectivity index (χ3n) is 4.18. The Labute approximate surface area is 149 Å². The van der Waals surface area contributed by atoms with E-state index in [4.69, 9.17) is 18.9 Å². The van der Waals surface area contributed by atoms with Crippen LogP contribution in [0.3, 0.4) is 0 Å². The molecule has 0 radical (unpaired) electrons. The average molecular weight is 362 g/mol. The molecular formula is C18H18O8. The average Bonchev–Trinajstić information content (AvgIpc) is 2.60. The lowest BCUT2D eigenvalue weighted by molar-refractivity contribution is 0.0842. The maximum absolute atomic E-state index is 12.6. The van der Waals surface area contributed by atoms with Crippen molar-refractivity contribution < 1.29 is 39.1 Å². The Morgan fingerprint density at radius 1 is 0.962 bits per heavy atom. The Morgan fingerprint density at radius 2 is 1.58 bits per heavy atom. The molecule has 8 nitrogen and oxygen atoms in total. The second-order valence-electron chi connectivity index (χ2n) is 5.66. The van der Waals surface area contributed by atoms with E-state index in [0.717, 1.165) is 0 Å². The Morgan fingerprint density at radius 3 is 2.12 bits per heavy atom. The highest BCUT2D eigenvalue weighted by Crippen LogP contribution is 2.49. The summed E-state index contributed by atoms with van der Waals surface area (Å²) in [7, 11) is 4.06. The van der Waals surface area contributed by atoms with Crippen LogP contribution in [0.2, 0.25) is 0 Å². The number of ketones is 1. The molecule has 1 atom stereocenters. The molecule has 0 saturated heterocycles. The van der Waals surface area contributed by atoms with Gasteiger partial charge >= 0.3 is 0 Å². The van der Waals surface area contributed by atoms with Gasteiger partial charge in [0.05, 0.1) is 27.8 Å². The molecule has 26 heavy (non-hydrogen) atoms. The van der Waals surface area contributed by atoms with Crippen molar-refractivity contribution in [2.45, 2.75) is 12.5 Å². The number of ether oxygens (including phenoxy) is 4. The van der Waals surface area contributed by atoms with Crippen LogP contribution in [0, 0.1) is 0 Å². The number of Topliss-reactive ketones (excluding diaryl/α,β-unsaturated/α-hetero) is 1. The van der Waals surface area contributed by atoms with Crippen molar-refractivity contribution in [1.82, 2.24) is 0 Å². The highest BCUT2D eigenvalue weighted by atomic mass is 16.5. The summed E-state index contributed by atoms with van der Waals surface area (Å²) in [5, 5.41) is 30.2. The van der Waals surface area contributed by atoms with Gasteiger partial charge in [-0.15, -0.1) is 0 Å². The number of rotatable bonds is 4. The number of hydrogen-bond acceptors (Lipinski definition) is 8. The van der Waals surface area contributed by atoms with E-state index >= 15 is 0 Å². The summed E-state index contributed by atoms with van der Waals surface area (Å²) in [6.07, 6.45) is -0.864. The molecular weight excluding hydrogens is 344 g/mol. The van der Waals surface area contributed by atoms with E-state index in [0.29, 0.717) is 5.56 Å². The largest absolute Gasteiger partial charge is 0.504 e. The van der Waals surface area contributed by atoms with Crippen molar-refractivity contribution in [2.24, 2.45) is 0 Å². The Kier molecular flexibility index (Phi) is 4.41. The van der Waals surface area contributed by atoms with Gasteiger partial charge in [-0.05, 0) is 12.1 Å². The fraction of sp³-hybridized carbons (Fsp3) is 0.278. The molecule has 0 fully saturated rings.